The van der Waals surface area contributed by atoms with Crippen LogP contribution in [0, 0.1) is 3.57 Å². The second kappa shape index (κ2) is 5.91. The third-order valence-corrected chi connectivity index (χ3v) is 4.12. The van der Waals surface area contributed by atoms with E-state index in [1.807, 2.05) is 47.4 Å². The summed E-state index contributed by atoms with van der Waals surface area (Å²) in [5, 5.41) is 0. The second-order valence-corrected chi connectivity index (χ2v) is 6.24. The molecule has 0 unspecified atom stereocenters. The van der Waals surface area contributed by atoms with Crippen molar-refractivity contribution in [1.82, 2.24) is 9.88 Å². The largest absolute Gasteiger partial charge is 0.330 e. The quantitative estimate of drug-likeness (QED) is 0.764. The Kier molecular flexibility index (Phi) is 4.00. The van der Waals surface area contributed by atoms with Crippen LogP contribution in [0.5, 0.6) is 0 Å². The summed E-state index contributed by atoms with van der Waals surface area (Å²) in [5.41, 5.74) is 1.70. The van der Waals surface area contributed by atoms with Crippen molar-refractivity contribution in [2.75, 3.05) is 0 Å². The van der Waals surface area contributed by atoms with E-state index in [4.69, 9.17) is 0 Å². The van der Waals surface area contributed by atoms with Gasteiger partial charge in [-0.25, -0.2) is 0 Å². The average molecular weight is 378 g/mol. The van der Waals surface area contributed by atoms with E-state index < -0.39 is 0 Å². The first-order chi connectivity index (χ1) is 9.74. The molecule has 1 aromatic carbocycles. The van der Waals surface area contributed by atoms with Crippen molar-refractivity contribution in [1.29, 1.82) is 0 Å². The van der Waals surface area contributed by atoms with Crippen LogP contribution in [0.15, 0.2) is 48.7 Å². The normalized spacial score (nSPS) is 14.1. The molecule has 20 heavy (non-hydrogen) atoms. The Morgan fingerprint density at radius 1 is 1.20 bits per heavy atom. The van der Waals surface area contributed by atoms with Crippen molar-refractivity contribution >= 4 is 28.5 Å². The highest BCUT2D eigenvalue weighted by Crippen LogP contribution is 2.29. The highest BCUT2D eigenvalue weighted by molar-refractivity contribution is 14.1. The van der Waals surface area contributed by atoms with Crippen LogP contribution in [0.25, 0.3) is 0 Å². The van der Waals surface area contributed by atoms with E-state index >= 15 is 0 Å². The predicted molar refractivity (Wildman–Crippen MR) is 86.3 cm³/mol. The molecule has 0 spiro atoms. The van der Waals surface area contributed by atoms with Crippen molar-refractivity contribution in [2.45, 2.75) is 25.4 Å². The number of rotatable bonds is 4. The standard InChI is InChI=1S/C16H15IN2O/c17-13-6-4-12(5-7-13)16(20)19(15-8-9-15)11-14-3-1-2-10-18-14/h1-7,10,15H,8-9,11H2. The summed E-state index contributed by atoms with van der Waals surface area (Å²) >= 11 is 2.25. The van der Waals surface area contributed by atoms with Gasteiger partial charge in [-0.15, -0.1) is 0 Å². The van der Waals surface area contributed by atoms with E-state index in [0.717, 1.165) is 27.7 Å². The molecule has 0 bridgehead atoms. The first-order valence-electron chi connectivity index (χ1n) is 6.70. The molecule has 1 fully saturated rings. The van der Waals surface area contributed by atoms with Gasteiger partial charge in [-0.2, -0.15) is 0 Å². The van der Waals surface area contributed by atoms with E-state index in [-0.39, 0.29) is 5.91 Å². The Morgan fingerprint density at radius 3 is 2.55 bits per heavy atom. The number of benzene rings is 1. The molecule has 0 atom stereocenters. The molecule has 102 valence electrons. The molecule has 1 heterocycles. The van der Waals surface area contributed by atoms with Crippen LogP contribution in [0.3, 0.4) is 0 Å². The van der Waals surface area contributed by atoms with Gasteiger partial charge in [0, 0.05) is 21.4 Å². The average Bonchev–Trinajstić information content (AvgIpc) is 3.30. The van der Waals surface area contributed by atoms with E-state index in [1.165, 1.54) is 0 Å². The molecule has 1 amide bonds. The Morgan fingerprint density at radius 2 is 1.95 bits per heavy atom. The maximum absolute atomic E-state index is 12.6. The number of hydrogen-bond donors (Lipinski definition) is 0. The molecule has 1 aromatic heterocycles. The van der Waals surface area contributed by atoms with Crippen LogP contribution < -0.4 is 0 Å². The number of halogens is 1. The second-order valence-electron chi connectivity index (χ2n) is 4.99. The van der Waals surface area contributed by atoms with Gasteiger partial charge in [-0.1, -0.05) is 6.07 Å². The monoisotopic (exact) mass is 378 g/mol. The minimum atomic E-state index is 0.106. The van der Waals surface area contributed by atoms with Gasteiger partial charge in [0.25, 0.3) is 5.91 Å². The molecule has 1 saturated carbocycles. The zero-order chi connectivity index (χ0) is 13.9. The van der Waals surface area contributed by atoms with Crippen LogP contribution in [0.1, 0.15) is 28.9 Å². The van der Waals surface area contributed by atoms with Crippen molar-refractivity contribution in [2.24, 2.45) is 0 Å². The Hall–Kier alpha value is -1.43. The van der Waals surface area contributed by atoms with Crippen LogP contribution >= 0.6 is 22.6 Å². The van der Waals surface area contributed by atoms with Gasteiger partial charge < -0.3 is 4.90 Å². The molecule has 2 aromatic rings. The summed E-state index contributed by atoms with van der Waals surface area (Å²) in [4.78, 5) is 18.9. The van der Waals surface area contributed by atoms with Gasteiger partial charge in [0.1, 0.15) is 0 Å². The van der Waals surface area contributed by atoms with Crippen LogP contribution in [-0.2, 0) is 6.54 Å². The van der Waals surface area contributed by atoms with Gasteiger partial charge in [0.2, 0.25) is 0 Å². The SMILES string of the molecule is O=C(c1ccc(I)cc1)N(Cc1ccccn1)C1CC1. The molecule has 1 aliphatic carbocycles. The number of carbonyl (C=O) groups is 1. The molecule has 0 aliphatic heterocycles. The van der Waals surface area contributed by atoms with Crippen LogP contribution in [0.4, 0.5) is 0 Å². The van der Waals surface area contributed by atoms with Crippen molar-refractivity contribution < 1.29 is 4.79 Å². The molecule has 0 N–H and O–H groups in total. The lowest BCUT2D eigenvalue weighted by Gasteiger charge is -2.22. The number of hydrogen-bond acceptors (Lipinski definition) is 2. The molecule has 0 saturated heterocycles. The summed E-state index contributed by atoms with van der Waals surface area (Å²) in [6, 6.07) is 13.9. The highest BCUT2D eigenvalue weighted by atomic mass is 127. The Labute approximate surface area is 132 Å². The van der Waals surface area contributed by atoms with Crippen molar-refractivity contribution in [3.05, 3.63) is 63.5 Å². The lowest BCUT2D eigenvalue weighted by atomic mass is 10.2. The van der Waals surface area contributed by atoms with Crippen LogP contribution in [0.2, 0.25) is 0 Å². The van der Waals surface area contributed by atoms with E-state index in [0.29, 0.717) is 12.6 Å². The molecule has 0 radical (unpaired) electrons. The maximum atomic E-state index is 12.6. The van der Waals surface area contributed by atoms with Crippen molar-refractivity contribution in [3.8, 4) is 0 Å². The topological polar surface area (TPSA) is 33.2 Å². The lowest BCUT2D eigenvalue weighted by molar-refractivity contribution is 0.0727. The Bertz CT molecular complexity index is 594. The summed E-state index contributed by atoms with van der Waals surface area (Å²) < 4.78 is 1.14. The zero-order valence-corrected chi connectivity index (χ0v) is 13.2. The number of nitrogens with zero attached hydrogens (tertiary/aromatic N) is 2. The minimum Gasteiger partial charge on any atom is -0.330 e. The zero-order valence-electron chi connectivity index (χ0n) is 11.0. The lowest BCUT2D eigenvalue weighted by Crippen LogP contribution is -2.32. The molecule has 1 aliphatic rings. The number of carbonyl (C=O) groups excluding carboxylic acids is 1. The van der Waals surface area contributed by atoms with Gasteiger partial charge in [0.05, 0.1) is 12.2 Å². The van der Waals surface area contributed by atoms with E-state index in [9.17, 15) is 4.79 Å². The molecule has 4 heteroatoms. The van der Waals surface area contributed by atoms with Crippen molar-refractivity contribution in [3.63, 3.8) is 0 Å². The Balaban J connectivity index is 1.80. The van der Waals surface area contributed by atoms with Gasteiger partial charge in [-0.3, -0.25) is 9.78 Å². The fraction of sp³-hybridized carbons (Fsp3) is 0.250. The van der Waals surface area contributed by atoms with Gasteiger partial charge in [0.15, 0.2) is 0 Å². The van der Waals surface area contributed by atoms with Gasteiger partial charge >= 0.3 is 0 Å². The molecule has 3 nitrogen and oxygen atoms in total. The minimum absolute atomic E-state index is 0.106. The number of aromatic nitrogens is 1. The summed E-state index contributed by atoms with van der Waals surface area (Å²) in [6.07, 6.45) is 3.97. The number of pyridine rings is 1. The smallest absolute Gasteiger partial charge is 0.254 e. The molecule has 3 rings (SSSR count). The fourth-order valence-electron chi connectivity index (χ4n) is 2.18. The third-order valence-electron chi connectivity index (χ3n) is 3.40. The maximum Gasteiger partial charge on any atom is 0.254 e. The van der Waals surface area contributed by atoms with E-state index in [2.05, 4.69) is 27.6 Å². The highest BCUT2D eigenvalue weighted by Gasteiger charge is 2.33. The third kappa shape index (κ3) is 3.17. The molecular formula is C16H15IN2O. The summed E-state index contributed by atoms with van der Waals surface area (Å²) in [5.74, 6) is 0.106. The van der Waals surface area contributed by atoms with E-state index in [1.54, 1.807) is 6.20 Å². The number of amides is 1. The van der Waals surface area contributed by atoms with Gasteiger partial charge in [-0.05, 0) is 71.8 Å². The van der Waals surface area contributed by atoms with Crippen LogP contribution in [-0.4, -0.2) is 21.8 Å². The first kappa shape index (κ1) is 13.5. The predicted octanol–water partition coefficient (Wildman–Crippen LogP) is 3.49. The summed E-state index contributed by atoms with van der Waals surface area (Å²) in [6.45, 7) is 0.594. The summed E-state index contributed by atoms with van der Waals surface area (Å²) in [7, 11) is 0. The molecular weight excluding hydrogens is 363 g/mol. The fourth-order valence-corrected chi connectivity index (χ4v) is 2.54. The first-order valence-corrected chi connectivity index (χ1v) is 7.78.